The lowest BCUT2D eigenvalue weighted by atomic mass is 10.0. The van der Waals surface area contributed by atoms with Crippen molar-refractivity contribution in [3.63, 3.8) is 0 Å². The fraction of sp³-hybridized carbons (Fsp3) is 0.167. The molecule has 1 unspecified atom stereocenters. The summed E-state index contributed by atoms with van der Waals surface area (Å²) in [7, 11) is 1.84. The van der Waals surface area contributed by atoms with Crippen molar-refractivity contribution >= 4 is 33.6 Å². The number of aromatic nitrogens is 4. The van der Waals surface area contributed by atoms with Crippen molar-refractivity contribution in [1.29, 1.82) is 0 Å². The molecule has 120 valence electrons. The van der Waals surface area contributed by atoms with Gasteiger partial charge in [-0.2, -0.15) is 15.1 Å². The molecular formula is C18H18N6. The maximum Gasteiger partial charge on any atom is 0.227 e. The SMILES string of the molecule is CC(Nc1nc(N)c2cnn(C)c2n1)c1ccc2ccccc2c1. The van der Waals surface area contributed by atoms with Gasteiger partial charge in [0.15, 0.2) is 5.65 Å². The standard InChI is InChI=1S/C18H18N6/c1-11(13-8-7-12-5-3-4-6-14(12)9-13)21-18-22-16(19)15-10-20-24(2)17(15)23-18/h3-11H,1-2H3,(H3,19,21,22,23). The van der Waals surface area contributed by atoms with Gasteiger partial charge in [0, 0.05) is 7.05 Å². The van der Waals surface area contributed by atoms with E-state index in [0.29, 0.717) is 11.8 Å². The molecule has 6 heteroatoms. The lowest BCUT2D eigenvalue weighted by molar-refractivity contribution is 0.783. The number of aryl methyl sites for hydroxylation is 1. The van der Waals surface area contributed by atoms with Crippen LogP contribution < -0.4 is 11.1 Å². The number of rotatable bonds is 3. The van der Waals surface area contributed by atoms with Crippen LogP contribution in [0, 0.1) is 0 Å². The first-order chi connectivity index (χ1) is 11.6. The molecule has 2 aromatic carbocycles. The number of hydrogen-bond donors (Lipinski definition) is 2. The van der Waals surface area contributed by atoms with Crippen LogP contribution in [0.25, 0.3) is 21.8 Å². The highest BCUT2D eigenvalue weighted by Crippen LogP contribution is 2.24. The molecule has 0 saturated carbocycles. The van der Waals surface area contributed by atoms with E-state index in [0.717, 1.165) is 11.0 Å². The first-order valence-electron chi connectivity index (χ1n) is 7.82. The highest BCUT2D eigenvalue weighted by molar-refractivity contribution is 5.86. The number of benzene rings is 2. The smallest absolute Gasteiger partial charge is 0.227 e. The van der Waals surface area contributed by atoms with Gasteiger partial charge in [-0.15, -0.1) is 0 Å². The van der Waals surface area contributed by atoms with Crippen molar-refractivity contribution < 1.29 is 0 Å². The van der Waals surface area contributed by atoms with Crippen LogP contribution >= 0.6 is 0 Å². The van der Waals surface area contributed by atoms with Crippen LogP contribution in [0.15, 0.2) is 48.7 Å². The predicted molar refractivity (Wildman–Crippen MR) is 96.7 cm³/mol. The molecule has 0 saturated heterocycles. The number of nitrogens with two attached hydrogens (primary N) is 1. The van der Waals surface area contributed by atoms with Crippen molar-refractivity contribution in [1.82, 2.24) is 19.7 Å². The van der Waals surface area contributed by atoms with Crippen molar-refractivity contribution in [3.8, 4) is 0 Å². The van der Waals surface area contributed by atoms with Gasteiger partial charge in [0.1, 0.15) is 5.82 Å². The average molecular weight is 318 g/mol. The predicted octanol–water partition coefficient (Wildman–Crippen LogP) is 3.27. The van der Waals surface area contributed by atoms with Crippen molar-refractivity contribution in [2.24, 2.45) is 7.05 Å². The highest BCUT2D eigenvalue weighted by atomic mass is 15.3. The van der Waals surface area contributed by atoms with Crippen molar-refractivity contribution in [2.75, 3.05) is 11.1 Å². The molecule has 6 nitrogen and oxygen atoms in total. The van der Waals surface area contributed by atoms with Crippen LogP contribution in [0.1, 0.15) is 18.5 Å². The molecule has 4 aromatic rings. The molecule has 0 radical (unpaired) electrons. The maximum absolute atomic E-state index is 6.01. The molecular weight excluding hydrogens is 300 g/mol. The van der Waals surface area contributed by atoms with Gasteiger partial charge < -0.3 is 11.1 Å². The molecule has 0 aliphatic carbocycles. The topological polar surface area (TPSA) is 81.6 Å². The minimum Gasteiger partial charge on any atom is -0.383 e. The molecule has 2 aromatic heterocycles. The zero-order chi connectivity index (χ0) is 16.7. The van der Waals surface area contributed by atoms with Crippen LogP contribution in [0.5, 0.6) is 0 Å². The number of anilines is 2. The molecule has 0 spiro atoms. The van der Waals surface area contributed by atoms with Crippen LogP contribution in [-0.2, 0) is 7.05 Å². The number of nitrogens with one attached hydrogen (secondary N) is 1. The Bertz CT molecular complexity index is 1040. The maximum atomic E-state index is 6.01. The number of nitrogens with zero attached hydrogens (tertiary/aromatic N) is 4. The molecule has 3 N–H and O–H groups in total. The van der Waals surface area contributed by atoms with Gasteiger partial charge in [0.2, 0.25) is 5.95 Å². The monoisotopic (exact) mass is 318 g/mol. The Morgan fingerprint density at radius 2 is 1.88 bits per heavy atom. The Morgan fingerprint density at radius 1 is 1.08 bits per heavy atom. The molecule has 0 aliphatic heterocycles. The van der Waals surface area contributed by atoms with E-state index < -0.39 is 0 Å². The second-order valence-electron chi connectivity index (χ2n) is 5.91. The molecule has 0 fully saturated rings. The van der Waals surface area contributed by atoms with Gasteiger partial charge in [-0.3, -0.25) is 4.68 Å². The Labute approximate surface area is 139 Å². The van der Waals surface area contributed by atoms with Gasteiger partial charge in [0.25, 0.3) is 0 Å². The largest absolute Gasteiger partial charge is 0.383 e. The van der Waals surface area contributed by atoms with Gasteiger partial charge in [-0.05, 0) is 29.3 Å². The average Bonchev–Trinajstić information content (AvgIpc) is 2.96. The Kier molecular flexibility index (Phi) is 3.30. The number of hydrogen-bond acceptors (Lipinski definition) is 5. The van der Waals surface area contributed by atoms with Crippen LogP contribution in [-0.4, -0.2) is 19.7 Å². The van der Waals surface area contributed by atoms with Gasteiger partial charge in [-0.25, -0.2) is 0 Å². The van der Waals surface area contributed by atoms with E-state index in [2.05, 4.69) is 57.6 Å². The van der Waals surface area contributed by atoms with E-state index in [4.69, 9.17) is 5.73 Å². The zero-order valence-corrected chi connectivity index (χ0v) is 13.6. The summed E-state index contributed by atoms with van der Waals surface area (Å²) in [5, 5.41) is 10.7. The van der Waals surface area contributed by atoms with E-state index >= 15 is 0 Å². The van der Waals surface area contributed by atoms with E-state index in [9.17, 15) is 0 Å². The van der Waals surface area contributed by atoms with Crippen molar-refractivity contribution in [3.05, 3.63) is 54.2 Å². The minimum atomic E-state index is 0.0553. The quantitative estimate of drug-likeness (QED) is 0.606. The van der Waals surface area contributed by atoms with Crippen LogP contribution in [0.2, 0.25) is 0 Å². The zero-order valence-electron chi connectivity index (χ0n) is 13.6. The number of nitrogen functional groups attached to an aromatic ring is 1. The van der Waals surface area contributed by atoms with Gasteiger partial charge in [-0.1, -0.05) is 36.4 Å². The Morgan fingerprint density at radius 3 is 2.71 bits per heavy atom. The Hall–Kier alpha value is -3.15. The Balaban J connectivity index is 1.67. The first kappa shape index (κ1) is 14.4. The summed E-state index contributed by atoms with van der Waals surface area (Å²) in [6.45, 7) is 2.08. The van der Waals surface area contributed by atoms with E-state index in [1.54, 1.807) is 10.9 Å². The van der Waals surface area contributed by atoms with Crippen LogP contribution in [0.4, 0.5) is 11.8 Å². The summed E-state index contributed by atoms with van der Waals surface area (Å²) in [5.74, 6) is 0.936. The summed E-state index contributed by atoms with van der Waals surface area (Å²) >= 11 is 0. The van der Waals surface area contributed by atoms with E-state index in [-0.39, 0.29) is 6.04 Å². The van der Waals surface area contributed by atoms with E-state index in [1.807, 2.05) is 19.2 Å². The third-order valence-corrected chi connectivity index (χ3v) is 4.24. The molecule has 2 heterocycles. The van der Waals surface area contributed by atoms with Gasteiger partial charge in [0.05, 0.1) is 17.6 Å². The summed E-state index contributed by atoms with van der Waals surface area (Å²) < 4.78 is 1.69. The lowest BCUT2D eigenvalue weighted by Crippen LogP contribution is -2.11. The second kappa shape index (κ2) is 5.49. The number of fused-ring (bicyclic) bond motifs is 2. The summed E-state index contributed by atoms with van der Waals surface area (Å²) in [5.41, 5.74) is 7.90. The fourth-order valence-corrected chi connectivity index (χ4v) is 2.86. The minimum absolute atomic E-state index is 0.0553. The van der Waals surface area contributed by atoms with Crippen molar-refractivity contribution in [2.45, 2.75) is 13.0 Å². The highest BCUT2D eigenvalue weighted by Gasteiger charge is 2.12. The van der Waals surface area contributed by atoms with Gasteiger partial charge >= 0.3 is 0 Å². The normalized spacial score (nSPS) is 12.6. The third-order valence-electron chi connectivity index (χ3n) is 4.24. The lowest BCUT2D eigenvalue weighted by Gasteiger charge is -2.15. The molecule has 4 rings (SSSR count). The molecule has 24 heavy (non-hydrogen) atoms. The first-order valence-corrected chi connectivity index (χ1v) is 7.82. The second-order valence-corrected chi connectivity index (χ2v) is 5.91. The van der Waals surface area contributed by atoms with E-state index in [1.165, 1.54) is 16.3 Å². The molecule has 0 amide bonds. The summed E-state index contributed by atoms with van der Waals surface area (Å²) in [6, 6.07) is 14.8. The molecule has 0 aliphatic rings. The fourth-order valence-electron chi connectivity index (χ4n) is 2.86. The molecule has 1 atom stereocenters. The third kappa shape index (κ3) is 2.42. The molecule has 0 bridgehead atoms. The van der Waals surface area contributed by atoms with Crippen LogP contribution in [0.3, 0.4) is 0 Å². The summed E-state index contributed by atoms with van der Waals surface area (Å²) in [6.07, 6.45) is 1.68. The summed E-state index contributed by atoms with van der Waals surface area (Å²) in [4.78, 5) is 8.87.